The predicted octanol–water partition coefficient (Wildman–Crippen LogP) is 0.529. The zero-order chi connectivity index (χ0) is 18.7. The zero-order valence-electron chi connectivity index (χ0n) is 13.8. The molecule has 1 aromatic carbocycles. The van der Waals surface area contributed by atoms with E-state index in [2.05, 4.69) is 10.6 Å². The van der Waals surface area contributed by atoms with Crippen molar-refractivity contribution in [2.24, 2.45) is 11.7 Å². The first-order valence-corrected chi connectivity index (χ1v) is 7.97. The summed E-state index contributed by atoms with van der Waals surface area (Å²) in [6, 6.07) is 7.78. The molecule has 1 aromatic rings. The zero-order valence-corrected chi connectivity index (χ0v) is 13.8. The van der Waals surface area contributed by atoms with Crippen molar-refractivity contribution in [1.29, 1.82) is 0 Å². The van der Waals surface area contributed by atoms with Crippen molar-refractivity contribution in [1.82, 2.24) is 5.32 Å². The highest BCUT2D eigenvalue weighted by molar-refractivity contribution is 5.94. The van der Waals surface area contributed by atoms with Gasteiger partial charge in [0.15, 0.2) is 0 Å². The Morgan fingerprint density at radius 2 is 1.84 bits per heavy atom. The average molecular weight is 349 g/mol. The number of hydrogen-bond acceptors (Lipinski definition) is 5. The van der Waals surface area contributed by atoms with Crippen LogP contribution >= 0.6 is 0 Å². The van der Waals surface area contributed by atoms with Crippen LogP contribution < -0.4 is 16.4 Å². The van der Waals surface area contributed by atoms with Crippen molar-refractivity contribution >= 4 is 29.8 Å². The molecule has 0 aliphatic heterocycles. The van der Waals surface area contributed by atoms with Crippen LogP contribution in [-0.4, -0.2) is 41.8 Å². The van der Waals surface area contributed by atoms with E-state index in [1.807, 2.05) is 6.07 Å². The molecule has 0 aliphatic carbocycles. The van der Waals surface area contributed by atoms with Gasteiger partial charge in [0.2, 0.25) is 11.8 Å². The van der Waals surface area contributed by atoms with Crippen LogP contribution in [0.4, 0.5) is 5.69 Å². The van der Waals surface area contributed by atoms with Crippen LogP contribution in [0.3, 0.4) is 0 Å². The Morgan fingerprint density at radius 3 is 2.44 bits per heavy atom. The fraction of sp³-hybridized carbons (Fsp3) is 0.412. The summed E-state index contributed by atoms with van der Waals surface area (Å²) in [4.78, 5) is 45.0. The van der Waals surface area contributed by atoms with Gasteiger partial charge >= 0.3 is 5.97 Å². The standard InChI is InChI=1S/C17H23N3O5/c18-14(17(24)25)9-12(11-21)5-4-8-15(22)19-10-16(23)20-13-6-2-1-3-7-13/h1-3,6-7,11-12,14H,4-5,8-10,18H2,(H,19,22)(H,20,23)(H,24,25)/t12-,14+/m1/s1. The molecule has 0 aliphatic rings. The number of amides is 2. The molecule has 0 heterocycles. The third-order valence-electron chi connectivity index (χ3n) is 3.55. The summed E-state index contributed by atoms with van der Waals surface area (Å²) >= 11 is 0. The number of rotatable bonds is 11. The lowest BCUT2D eigenvalue weighted by Gasteiger charge is -2.13. The topological polar surface area (TPSA) is 139 Å². The largest absolute Gasteiger partial charge is 0.480 e. The Labute approximate surface area is 145 Å². The van der Waals surface area contributed by atoms with Gasteiger partial charge in [0.25, 0.3) is 0 Å². The molecule has 0 fully saturated rings. The fourth-order valence-corrected chi connectivity index (χ4v) is 2.19. The molecule has 136 valence electrons. The molecule has 25 heavy (non-hydrogen) atoms. The number of nitrogens with one attached hydrogen (secondary N) is 2. The number of benzene rings is 1. The number of carboxylic acids is 1. The molecule has 0 unspecified atom stereocenters. The summed E-state index contributed by atoms with van der Waals surface area (Å²) in [5, 5.41) is 13.9. The minimum atomic E-state index is -1.16. The lowest BCUT2D eigenvalue weighted by Crippen LogP contribution is -2.33. The molecule has 8 heteroatoms. The number of carboxylic acid groups (broad SMARTS) is 1. The average Bonchev–Trinajstić information content (AvgIpc) is 2.59. The minimum Gasteiger partial charge on any atom is -0.480 e. The molecular formula is C17H23N3O5. The second kappa shape index (κ2) is 10.9. The smallest absolute Gasteiger partial charge is 0.320 e. The first-order chi connectivity index (χ1) is 11.9. The quantitative estimate of drug-likeness (QED) is 0.430. The van der Waals surface area contributed by atoms with Gasteiger partial charge in [-0.2, -0.15) is 0 Å². The van der Waals surface area contributed by atoms with E-state index >= 15 is 0 Å². The van der Waals surface area contributed by atoms with E-state index in [0.29, 0.717) is 24.8 Å². The Morgan fingerprint density at radius 1 is 1.16 bits per heavy atom. The van der Waals surface area contributed by atoms with E-state index < -0.39 is 17.9 Å². The maximum Gasteiger partial charge on any atom is 0.320 e. The SMILES string of the molecule is N[C@@H](C[C@H](C=O)CCCC(=O)NCC(=O)Nc1ccccc1)C(=O)O. The van der Waals surface area contributed by atoms with Crippen molar-refractivity contribution in [2.75, 3.05) is 11.9 Å². The number of carbonyl (C=O) groups is 4. The molecule has 0 spiro atoms. The number of para-hydroxylation sites is 1. The number of hydrogen-bond donors (Lipinski definition) is 4. The van der Waals surface area contributed by atoms with Gasteiger partial charge in [-0.3, -0.25) is 14.4 Å². The van der Waals surface area contributed by atoms with Crippen molar-refractivity contribution in [3.8, 4) is 0 Å². The van der Waals surface area contributed by atoms with Crippen molar-refractivity contribution in [3.63, 3.8) is 0 Å². The predicted molar refractivity (Wildman–Crippen MR) is 91.7 cm³/mol. The molecule has 0 radical (unpaired) electrons. The van der Waals surface area contributed by atoms with Gasteiger partial charge in [-0.25, -0.2) is 0 Å². The first kappa shape index (κ1) is 20.3. The number of nitrogens with two attached hydrogens (primary N) is 1. The molecule has 2 amide bonds. The van der Waals surface area contributed by atoms with Gasteiger partial charge in [-0.05, 0) is 31.4 Å². The van der Waals surface area contributed by atoms with Crippen LogP contribution in [0.1, 0.15) is 25.7 Å². The molecule has 2 atom stereocenters. The lowest BCUT2D eigenvalue weighted by atomic mass is 9.96. The van der Waals surface area contributed by atoms with E-state index in [9.17, 15) is 19.2 Å². The van der Waals surface area contributed by atoms with Gasteiger partial charge in [0, 0.05) is 18.0 Å². The highest BCUT2D eigenvalue weighted by atomic mass is 16.4. The summed E-state index contributed by atoms with van der Waals surface area (Å²) < 4.78 is 0. The van der Waals surface area contributed by atoms with Crippen molar-refractivity contribution < 1.29 is 24.3 Å². The number of aliphatic carboxylic acids is 1. The summed E-state index contributed by atoms with van der Waals surface area (Å²) in [6.45, 7) is -0.144. The van der Waals surface area contributed by atoms with Crippen LogP contribution in [0.2, 0.25) is 0 Å². The molecule has 0 bridgehead atoms. The van der Waals surface area contributed by atoms with Gasteiger partial charge in [0.1, 0.15) is 12.3 Å². The van der Waals surface area contributed by atoms with Gasteiger partial charge in [0.05, 0.1) is 6.54 Å². The molecule has 0 saturated carbocycles. The summed E-state index contributed by atoms with van der Waals surface area (Å²) in [6.07, 6.45) is 1.62. The highest BCUT2D eigenvalue weighted by Crippen LogP contribution is 2.12. The first-order valence-electron chi connectivity index (χ1n) is 7.97. The highest BCUT2D eigenvalue weighted by Gasteiger charge is 2.18. The van der Waals surface area contributed by atoms with Gasteiger partial charge in [-0.15, -0.1) is 0 Å². The maximum atomic E-state index is 11.7. The minimum absolute atomic E-state index is 0.0416. The Balaban J connectivity index is 2.22. The van der Waals surface area contributed by atoms with E-state index in [1.54, 1.807) is 24.3 Å². The molecule has 0 saturated heterocycles. The van der Waals surface area contributed by atoms with Crippen LogP contribution in [0, 0.1) is 5.92 Å². The Bertz CT molecular complexity index is 591. The summed E-state index contributed by atoms with van der Waals surface area (Å²) in [5.41, 5.74) is 6.03. The van der Waals surface area contributed by atoms with Crippen LogP contribution in [0.15, 0.2) is 30.3 Å². The fourth-order valence-electron chi connectivity index (χ4n) is 2.19. The maximum absolute atomic E-state index is 11.7. The Kier molecular flexibility index (Phi) is 8.87. The molecule has 5 N–H and O–H groups in total. The summed E-state index contributed by atoms with van der Waals surface area (Å²) in [5.74, 6) is -2.30. The third kappa shape index (κ3) is 8.61. The lowest BCUT2D eigenvalue weighted by molar-refractivity contribution is -0.139. The van der Waals surface area contributed by atoms with E-state index in [-0.39, 0.29) is 31.2 Å². The second-order valence-corrected chi connectivity index (χ2v) is 5.66. The van der Waals surface area contributed by atoms with Crippen molar-refractivity contribution in [3.05, 3.63) is 30.3 Å². The van der Waals surface area contributed by atoms with Crippen LogP contribution in [-0.2, 0) is 19.2 Å². The monoisotopic (exact) mass is 349 g/mol. The van der Waals surface area contributed by atoms with E-state index in [1.165, 1.54) is 0 Å². The molecule has 0 aromatic heterocycles. The number of anilines is 1. The van der Waals surface area contributed by atoms with E-state index in [4.69, 9.17) is 10.8 Å². The van der Waals surface area contributed by atoms with E-state index in [0.717, 1.165) is 0 Å². The third-order valence-corrected chi connectivity index (χ3v) is 3.55. The van der Waals surface area contributed by atoms with Gasteiger partial charge < -0.3 is 26.3 Å². The normalized spacial score (nSPS) is 12.7. The molecular weight excluding hydrogens is 326 g/mol. The van der Waals surface area contributed by atoms with Crippen LogP contribution in [0.5, 0.6) is 0 Å². The Hall–Kier alpha value is -2.74. The van der Waals surface area contributed by atoms with Gasteiger partial charge in [-0.1, -0.05) is 18.2 Å². The molecule has 8 nitrogen and oxygen atoms in total. The second-order valence-electron chi connectivity index (χ2n) is 5.66. The summed E-state index contributed by atoms with van der Waals surface area (Å²) in [7, 11) is 0. The molecule has 1 rings (SSSR count). The number of carbonyl (C=O) groups excluding carboxylic acids is 3. The number of aldehydes is 1. The van der Waals surface area contributed by atoms with Crippen molar-refractivity contribution in [2.45, 2.75) is 31.7 Å². The van der Waals surface area contributed by atoms with Crippen LogP contribution in [0.25, 0.3) is 0 Å².